The Labute approximate surface area is 115 Å². The molecular weight excluding hydrogens is 286 g/mol. The molecule has 2 aromatic heterocycles. The first-order valence-electron chi connectivity index (χ1n) is 5.77. The summed E-state index contributed by atoms with van der Waals surface area (Å²) in [6.45, 7) is -2.21. The summed E-state index contributed by atoms with van der Waals surface area (Å²) in [6.07, 6.45) is 2.78. The van der Waals surface area contributed by atoms with Gasteiger partial charge < -0.3 is 20.3 Å². The topological polar surface area (TPSA) is 136 Å². The highest BCUT2D eigenvalue weighted by atomic mass is 32.2. The summed E-state index contributed by atoms with van der Waals surface area (Å²) in [5.41, 5.74) is -1.32. The van der Waals surface area contributed by atoms with Crippen LogP contribution in [0.2, 0.25) is 0 Å². The lowest BCUT2D eigenvalue weighted by Crippen LogP contribution is -2.56. The third kappa shape index (κ3) is 2.53. The van der Waals surface area contributed by atoms with Crippen molar-refractivity contribution in [3.05, 3.63) is 24.5 Å². The van der Waals surface area contributed by atoms with Crippen LogP contribution in [0.4, 0.5) is 0 Å². The largest absolute Gasteiger partial charge is 0.394 e. The molecule has 2 aromatic rings. The fourth-order valence-corrected chi connectivity index (χ4v) is 3.28. The molecule has 0 saturated carbocycles. The number of hydrogen-bond acceptors (Lipinski definition) is 6. The van der Waals surface area contributed by atoms with Gasteiger partial charge in [0.1, 0.15) is 16.1 Å². The number of aliphatic hydroxyl groups excluding tert-OH is 3. The van der Waals surface area contributed by atoms with E-state index < -0.39 is 35.4 Å². The second-order valence-corrected chi connectivity index (χ2v) is 6.06. The number of nitrogens with zero attached hydrogens (tertiary/aromatic N) is 1. The first-order chi connectivity index (χ1) is 9.48. The van der Waals surface area contributed by atoms with Crippen molar-refractivity contribution in [2.45, 2.75) is 10.4 Å². The van der Waals surface area contributed by atoms with Crippen LogP contribution in [-0.4, -0.2) is 59.1 Å². The maximum Gasteiger partial charge on any atom is 0.243 e. The number of sulfonamides is 1. The zero-order valence-electron chi connectivity index (χ0n) is 10.4. The minimum Gasteiger partial charge on any atom is -0.394 e. The number of fused-ring (bicyclic) bond motifs is 1. The molecule has 110 valence electrons. The molecule has 0 aliphatic rings. The van der Waals surface area contributed by atoms with Crippen LogP contribution in [0.15, 0.2) is 29.4 Å². The van der Waals surface area contributed by atoms with E-state index in [4.69, 9.17) is 0 Å². The van der Waals surface area contributed by atoms with Crippen LogP contribution in [-0.2, 0) is 10.0 Å². The quantitative estimate of drug-likeness (QED) is 0.443. The molecule has 0 radical (unpaired) electrons. The zero-order valence-corrected chi connectivity index (χ0v) is 11.3. The zero-order chi connectivity index (χ0) is 14.8. The summed E-state index contributed by atoms with van der Waals surface area (Å²) in [7, 11) is -4.04. The predicted octanol–water partition coefficient (Wildman–Crippen LogP) is -1.44. The summed E-state index contributed by atoms with van der Waals surface area (Å²) in [4.78, 5) is 6.62. The van der Waals surface area contributed by atoms with Crippen molar-refractivity contribution >= 4 is 21.1 Å². The van der Waals surface area contributed by atoms with Crippen LogP contribution in [0, 0.1) is 0 Å². The molecule has 2 rings (SSSR count). The number of rotatable bonds is 6. The predicted molar refractivity (Wildman–Crippen MR) is 70.4 cm³/mol. The molecule has 5 N–H and O–H groups in total. The van der Waals surface area contributed by atoms with Gasteiger partial charge in [-0.15, -0.1) is 0 Å². The Balaban J connectivity index is 2.45. The van der Waals surface area contributed by atoms with Crippen molar-refractivity contribution in [2.75, 3.05) is 19.8 Å². The Kier molecular flexibility index (Phi) is 4.06. The summed E-state index contributed by atoms with van der Waals surface area (Å²) >= 11 is 0. The molecule has 0 saturated heterocycles. The van der Waals surface area contributed by atoms with E-state index in [-0.39, 0.29) is 4.90 Å². The van der Waals surface area contributed by atoms with Gasteiger partial charge in [0.15, 0.2) is 0 Å². The molecule has 0 fully saturated rings. The van der Waals surface area contributed by atoms with Gasteiger partial charge in [-0.05, 0) is 12.1 Å². The van der Waals surface area contributed by atoms with Crippen molar-refractivity contribution in [3.63, 3.8) is 0 Å². The highest BCUT2D eigenvalue weighted by Gasteiger charge is 2.34. The number of hydrogen-bond donors (Lipinski definition) is 5. The molecule has 0 amide bonds. The Hall–Kier alpha value is -1.52. The summed E-state index contributed by atoms with van der Waals surface area (Å²) < 4.78 is 26.7. The second-order valence-electron chi connectivity index (χ2n) is 4.41. The Morgan fingerprint density at radius 2 is 1.90 bits per heavy atom. The monoisotopic (exact) mass is 301 g/mol. The molecule has 0 aromatic carbocycles. The molecule has 0 atom stereocenters. The maximum absolute atomic E-state index is 12.3. The lowest BCUT2D eigenvalue weighted by molar-refractivity contribution is 0.0582. The van der Waals surface area contributed by atoms with E-state index in [2.05, 4.69) is 14.7 Å². The molecule has 20 heavy (non-hydrogen) atoms. The van der Waals surface area contributed by atoms with Gasteiger partial charge in [0.2, 0.25) is 10.0 Å². The first kappa shape index (κ1) is 14.9. The summed E-state index contributed by atoms with van der Waals surface area (Å²) in [5.74, 6) is 0. The number of aromatic amines is 1. The average Bonchev–Trinajstić information content (AvgIpc) is 2.90. The van der Waals surface area contributed by atoms with E-state index in [0.29, 0.717) is 11.0 Å². The highest BCUT2D eigenvalue weighted by Crippen LogP contribution is 2.22. The molecule has 9 heteroatoms. The van der Waals surface area contributed by atoms with Crippen molar-refractivity contribution in [1.82, 2.24) is 14.7 Å². The molecule has 0 bridgehead atoms. The highest BCUT2D eigenvalue weighted by molar-refractivity contribution is 7.89. The van der Waals surface area contributed by atoms with Gasteiger partial charge in [0.25, 0.3) is 0 Å². The van der Waals surface area contributed by atoms with E-state index in [1.807, 2.05) is 0 Å². The van der Waals surface area contributed by atoms with E-state index in [1.165, 1.54) is 12.4 Å². The van der Waals surface area contributed by atoms with Gasteiger partial charge in [0, 0.05) is 17.8 Å². The van der Waals surface area contributed by atoms with Crippen LogP contribution < -0.4 is 4.72 Å². The molecule has 8 nitrogen and oxygen atoms in total. The van der Waals surface area contributed by atoms with Crippen LogP contribution in [0.3, 0.4) is 0 Å². The normalized spacial score (nSPS) is 12.9. The van der Waals surface area contributed by atoms with Gasteiger partial charge in [-0.25, -0.2) is 13.4 Å². The van der Waals surface area contributed by atoms with E-state index in [9.17, 15) is 23.7 Å². The molecule has 0 spiro atoms. The minimum atomic E-state index is -4.04. The van der Waals surface area contributed by atoms with E-state index >= 15 is 0 Å². The fourth-order valence-electron chi connectivity index (χ4n) is 1.74. The summed E-state index contributed by atoms with van der Waals surface area (Å²) in [6, 6.07) is 3.17. The number of aromatic nitrogens is 2. The van der Waals surface area contributed by atoms with Crippen LogP contribution in [0.5, 0.6) is 0 Å². The lowest BCUT2D eigenvalue weighted by Gasteiger charge is -2.28. The van der Waals surface area contributed by atoms with E-state index in [1.54, 1.807) is 12.1 Å². The minimum absolute atomic E-state index is 0.0691. The summed E-state index contributed by atoms with van der Waals surface area (Å²) in [5, 5.41) is 27.9. The molecule has 0 aliphatic heterocycles. The standard InChI is InChI=1S/C11H15N3O5S/c15-5-11(6-16,7-17)14-20(18,19)9-4-13-10-8(9)2-1-3-12-10/h1-4,14-17H,5-7H2,(H,12,13). The van der Waals surface area contributed by atoms with Gasteiger partial charge >= 0.3 is 0 Å². The third-order valence-electron chi connectivity index (χ3n) is 2.96. The van der Waals surface area contributed by atoms with Gasteiger partial charge in [-0.1, -0.05) is 0 Å². The lowest BCUT2D eigenvalue weighted by atomic mass is 10.1. The van der Waals surface area contributed by atoms with Crippen molar-refractivity contribution in [2.24, 2.45) is 0 Å². The Bertz CT molecular complexity index is 685. The average molecular weight is 301 g/mol. The van der Waals surface area contributed by atoms with Gasteiger partial charge in [-0.3, -0.25) is 0 Å². The number of nitrogens with one attached hydrogen (secondary N) is 2. The number of H-pyrrole nitrogens is 1. The Morgan fingerprint density at radius 3 is 2.50 bits per heavy atom. The first-order valence-corrected chi connectivity index (χ1v) is 7.25. The smallest absolute Gasteiger partial charge is 0.243 e. The van der Waals surface area contributed by atoms with Crippen molar-refractivity contribution in [3.8, 4) is 0 Å². The van der Waals surface area contributed by atoms with Crippen LogP contribution >= 0.6 is 0 Å². The SMILES string of the molecule is O=S(=O)(NC(CO)(CO)CO)c1c[nH]c2ncccc12. The fraction of sp³-hybridized carbons (Fsp3) is 0.364. The van der Waals surface area contributed by atoms with Gasteiger partial charge in [0.05, 0.1) is 19.8 Å². The molecule has 0 aliphatic carbocycles. The second kappa shape index (κ2) is 5.46. The maximum atomic E-state index is 12.3. The molecule has 0 unspecified atom stereocenters. The molecule has 2 heterocycles. The van der Waals surface area contributed by atoms with E-state index in [0.717, 1.165) is 0 Å². The van der Waals surface area contributed by atoms with Crippen LogP contribution in [0.1, 0.15) is 0 Å². The van der Waals surface area contributed by atoms with Crippen molar-refractivity contribution < 1.29 is 23.7 Å². The third-order valence-corrected chi connectivity index (χ3v) is 4.58. The van der Waals surface area contributed by atoms with Gasteiger partial charge in [-0.2, -0.15) is 4.72 Å². The number of aliphatic hydroxyl groups is 3. The van der Waals surface area contributed by atoms with Crippen LogP contribution in [0.25, 0.3) is 11.0 Å². The Morgan fingerprint density at radius 1 is 1.25 bits per heavy atom. The number of pyridine rings is 1. The molecular formula is C11H15N3O5S. The van der Waals surface area contributed by atoms with Crippen molar-refractivity contribution in [1.29, 1.82) is 0 Å².